The minimum absolute atomic E-state index is 0.0515. The number of alkyl halides is 6. The second kappa shape index (κ2) is 7.62. The SMILES string of the molecule is N#Cc1ccc(-n2ncc(C(=O)Nc3ccnc(C(F)(F)F)c3)c2C(F)(F)F)c2ccnn12. The van der Waals surface area contributed by atoms with Gasteiger partial charge in [0.15, 0.2) is 5.69 Å². The van der Waals surface area contributed by atoms with Gasteiger partial charge in [-0.05, 0) is 30.3 Å². The van der Waals surface area contributed by atoms with Crippen molar-refractivity contribution >= 4 is 17.1 Å². The van der Waals surface area contributed by atoms with E-state index in [1.165, 1.54) is 24.4 Å². The summed E-state index contributed by atoms with van der Waals surface area (Å²) in [6, 6.07) is 7.13. The molecular weight excluding hydrogens is 456 g/mol. The van der Waals surface area contributed by atoms with Gasteiger partial charge in [-0.15, -0.1) is 0 Å². The molecule has 4 aromatic rings. The van der Waals surface area contributed by atoms with E-state index in [4.69, 9.17) is 5.26 Å². The van der Waals surface area contributed by atoms with Gasteiger partial charge < -0.3 is 5.32 Å². The standard InChI is InChI=1S/C19H9F6N7O/c20-18(21,22)15-7-10(3-5-27-15)30-17(33)12-9-29-32(16(12)19(23,24)25)13-2-1-11(8-26)31-14(13)4-6-28-31/h1-7,9H,(H,27,30,33). The summed E-state index contributed by atoms with van der Waals surface area (Å²) in [5.74, 6) is -1.33. The van der Waals surface area contributed by atoms with E-state index in [0.717, 1.165) is 16.8 Å². The van der Waals surface area contributed by atoms with Gasteiger partial charge in [-0.2, -0.15) is 41.8 Å². The van der Waals surface area contributed by atoms with Crippen LogP contribution in [0.2, 0.25) is 0 Å². The average molecular weight is 465 g/mol. The molecule has 14 heteroatoms. The zero-order chi connectivity index (χ0) is 24.0. The Labute approximate surface area is 179 Å². The molecule has 0 radical (unpaired) electrons. The number of hydrogen-bond acceptors (Lipinski definition) is 5. The number of rotatable bonds is 3. The van der Waals surface area contributed by atoms with Crippen molar-refractivity contribution in [3.8, 4) is 11.8 Å². The van der Waals surface area contributed by atoms with Crippen LogP contribution in [0.15, 0.2) is 48.9 Å². The number of fused-ring (bicyclic) bond motifs is 1. The maximum atomic E-state index is 13.9. The van der Waals surface area contributed by atoms with Gasteiger partial charge in [0.05, 0.1) is 29.2 Å². The molecule has 1 amide bonds. The van der Waals surface area contributed by atoms with Crippen molar-refractivity contribution in [1.82, 2.24) is 24.4 Å². The molecule has 168 valence electrons. The number of nitrogens with zero attached hydrogens (tertiary/aromatic N) is 6. The normalized spacial score (nSPS) is 12.0. The smallest absolute Gasteiger partial charge is 0.322 e. The number of carbonyl (C=O) groups excluding carboxylic acids is 1. The number of hydrogen-bond donors (Lipinski definition) is 1. The van der Waals surface area contributed by atoms with E-state index in [-0.39, 0.29) is 16.9 Å². The molecule has 0 atom stereocenters. The molecule has 0 spiro atoms. The first kappa shape index (κ1) is 21.8. The number of aromatic nitrogens is 5. The second-order valence-corrected chi connectivity index (χ2v) is 6.54. The lowest BCUT2D eigenvalue weighted by Crippen LogP contribution is -2.21. The van der Waals surface area contributed by atoms with Gasteiger partial charge in [0, 0.05) is 11.9 Å². The number of amides is 1. The summed E-state index contributed by atoms with van der Waals surface area (Å²) in [4.78, 5) is 15.7. The second-order valence-electron chi connectivity index (χ2n) is 6.54. The molecular formula is C19H9F6N7O. The fourth-order valence-electron chi connectivity index (χ4n) is 3.10. The molecule has 0 saturated heterocycles. The summed E-state index contributed by atoms with van der Waals surface area (Å²) >= 11 is 0. The Kier molecular flexibility index (Phi) is 5.04. The lowest BCUT2D eigenvalue weighted by Gasteiger charge is -2.14. The molecule has 4 rings (SSSR count). The Hall–Kier alpha value is -4.41. The predicted molar refractivity (Wildman–Crippen MR) is 99.2 cm³/mol. The van der Waals surface area contributed by atoms with E-state index >= 15 is 0 Å². The van der Waals surface area contributed by atoms with Crippen molar-refractivity contribution in [3.63, 3.8) is 0 Å². The molecule has 33 heavy (non-hydrogen) atoms. The predicted octanol–water partition coefficient (Wildman–Crippen LogP) is 4.08. The highest BCUT2D eigenvalue weighted by Crippen LogP contribution is 2.35. The fraction of sp³-hybridized carbons (Fsp3) is 0.105. The largest absolute Gasteiger partial charge is 0.434 e. The van der Waals surface area contributed by atoms with Crippen molar-refractivity contribution in [2.24, 2.45) is 0 Å². The van der Waals surface area contributed by atoms with E-state index < -0.39 is 40.9 Å². The number of pyridine rings is 2. The summed E-state index contributed by atoms with van der Waals surface area (Å²) < 4.78 is 81.9. The molecule has 0 unspecified atom stereocenters. The van der Waals surface area contributed by atoms with Crippen molar-refractivity contribution in [2.45, 2.75) is 12.4 Å². The van der Waals surface area contributed by atoms with E-state index in [2.05, 4.69) is 15.2 Å². The van der Waals surface area contributed by atoms with Gasteiger partial charge in [0.2, 0.25) is 0 Å². The third-order valence-corrected chi connectivity index (χ3v) is 4.47. The summed E-state index contributed by atoms with van der Waals surface area (Å²) in [7, 11) is 0. The van der Waals surface area contributed by atoms with Crippen LogP contribution in [-0.2, 0) is 12.4 Å². The van der Waals surface area contributed by atoms with E-state index in [0.29, 0.717) is 16.9 Å². The van der Waals surface area contributed by atoms with Crippen molar-refractivity contribution in [1.29, 1.82) is 5.26 Å². The zero-order valence-electron chi connectivity index (χ0n) is 16.0. The van der Waals surface area contributed by atoms with Gasteiger partial charge in [-0.3, -0.25) is 9.78 Å². The lowest BCUT2D eigenvalue weighted by molar-refractivity contribution is -0.143. The van der Waals surface area contributed by atoms with Crippen LogP contribution in [0.25, 0.3) is 11.2 Å². The third-order valence-electron chi connectivity index (χ3n) is 4.47. The minimum Gasteiger partial charge on any atom is -0.322 e. The monoisotopic (exact) mass is 465 g/mol. The molecule has 0 aliphatic heterocycles. The molecule has 8 nitrogen and oxygen atoms in total. The zero-order valence-corrected chi connectivity index (χ0v) is 16.0. The Morgan fingerprint density at radius 2 is 1.76 bits per heavy atom. The third kappa shape index (κ3) is 3.95. The van der Waals surface area contributed by atoms with Crippen LogP contribution in [0.1, 0.15) is 27.4 Å². The van der Waals surface area contributed by atoms with Crippen molar-refractivity contribution < 1.29 is 31.1 Å². The topological polar surface area (TPSA) is 101 Å². The number of nitrogens with one attached hydrogen (secondary N) is 1. The van der Waals surface area contributed by atoms with Gasteiger partial charge in [0.1, 0.15) is 17.5 Å². The molecule has 4 aromatic heterocycles. The maximum absolute atomic E-state index is 13.9. The molecule has 0 aromatic carbocycles. The summed E-state index contributed by atoms with van der Waals surface area (Å²) in [5, 5.41) is 18.7. The van der Waals surface area contributed by atoms with E-state index in [1.807, 2.05) is 11.4 Å². The number of anilines is 1. The Morgan fingerprint density at radius 1 is 1.00 bits per heavy atom. The molecule has 0 fully saturated rings. The van der Waals surface area contributed by atoms with Gasteiger partial charge in [-0.25, -0.2) is 9.20 Å². The van der Waals surface area contributed by atoms with Crippen LogP contribution >= 0.6 is 0 Å². The van der Waals surface area contributed by atoms with Gasteiger partial charge in [0.25, 0.3) is 5.91 Å². The highest BCUT2D eigenvalue weighted by molar-refractivity contribution is 6.05. The van der Waals surface area contributed by atoms with Crippen LogP contribution in [0.4, 0.5) is 32.0 Å². The van der Waals surface area contributed by atoms with Crippen LogP contribution in [0.5, 0.6) is 0 Å². The Bertz CT molecular complexity index is 1410. The highest BCUT2D eigenvalue weighted by atomic mass is 19.4. The average Bonchev–Trinajstić information content (AvgIpc) is 3.40. The summed E-state index contributed by atoms with van der Waals surface area (Å²) in [6.45, 7) is 0. The van der Waals surface area contributed by atoms with Crippen LogP contribution in [0, 0.1) is 11.3 Å². The molecule has 0 saturated carbocycles. The number of carbonyl (C=O) groups is 1. The maximum Gasteiger partial charge on any atom is 0.434 e. The minimum atomic E-state index is -5.07. The molecule has 0 aliphatic carbocycles. The summed E-state index contributed by atoms with van der Waals surface area (Å²) in [5.41, 5.74) is -4.07. The van der Waals surface area contributed by atoms with E-state index in [1.54, 1.807) is 0 Å². The Morgan fingerprint density at radius 3 is 2.42 bits per heavy atom. The first-order valence-electron chi connectivity index (χ1n) is 8.87. The molecule has 4 heterocycles. The molecule has 0 bridgehead atoms. The van der Waals surface area contributed by atoms with Gasteiger partial charge in [-0.1, -0.05) is 0 Å². The first-order chi connectivity index (χ1) is 15.5. The fourth-order valence-corrected chi connectivity index (χ4v) is 3.10. The quantitative estimate of drug-likeness (QED) is 0.460. The Balaban J connectivity index is 1.79. The van der Waals surface area contributed by atoms with Crippen LogP contribution in [-0.4, -0.2) is 30.3 Å². The molecule has 0 aliphatic rings. The van der Waals surface area contributed by atoms with Crippen LogP contribution < -0.4 is 5.32 Å². The van der Waals surface area contributed by atoms with Gasteiger partial charge >= 0.3 is 12.4 Å². The first-order valence-corrected chi connectivity index (χ1v) is 8.87. The van der Waals surface area contributed by atoms with Crippen LogP contribution in [0.3, 0.4) is 0 Å². The van der Waals surface area contributed by atoms with Crippen molar-refractivity contribution in [3.05, 3.63) is 71.6 Å². The van der Waals surface area contributed by atoms with Crippen molar-refractivity contribution in [2.75, 3.05) is 5.32 Å². The lowest BCUT2D eigenvalue weighted by atomic mass is 10.2. The number of halogens is 6. The summed E-state index contributed by atoms with van der Waals surface area (Å²) in [6.07, 6.45) is -7.20. The molecule has 1 N–H and O–H groups in total. The van der Waals surface area contributed by atoms with E-state index in [9.17, 15) is 31.1 Å². The number of nitriles is 1. The highest BCUT2D eigenvalue weighted by Gasteiger charge is 2.41.